The van der Waals surface area contributed by atoms with Gasteiger partial charge in [-0.15, -0.1) is 0 Å². The predicted molar refractivity (Wildman–Crippen MR) is 136 cm³/mol. The molecule has 5 rings (SSSR count). The summed E-state index contributed by atoms with van der Waals surface area (Å²) in [5.41, 5.74) is 1.77. The number of hydrogen-bond donors (Lipinski definition) is 1. The number of carbonyl (C=O) groups excluding carboxylic acids is 2. The van der Waals surface area contributed by atoms with E-state index in [1.807, 2.05) is 42.2 Å². The zero-order valence-electron chi connectivity index (χ0n) is 20.9. The lowest BCUT2D eigenvalue weighted by Crippen LogP contribution is -2.65. The van der Waals surface area contributed by atoms with E-state index in [-0.39, 0.29) is 17.9 Å². The number of nitrogens with one attached hydrogen (secondary N) is 1. The number of benzene rings is 1. The number of rotatable bonds is 7. The number of amides is 2. The van der Waals surface area contributed by atoms with E-state index in [4.69, 9.17) is 4.74 Å². The van der Waals surface area contributed by atoms with E-state index in [1.54, 1.807) is 0 Å². The van der Waals surface area contributed by atoms with Crippen LogP contribution in [0, 0.1) is 0 Å². The molecule has 1 aromatic carbocycles. The molecule has 2 amide bonds. The molecular formula is C28H38N4O3. The summed E-state index contributed by atoms with van der Waals surface area (Å²) in [6, 6.07) is 14.3. The van der Waals surface area contributed by atoms with Crippen LogP contribution in [0.4, 0.5) is 0 Å². The molecule has 188 valence electrons. The van der Waals surface area contributed by atoms with Gasteiger partial charge in [0.2, 0.25) is 5.91 Å². The fourth-order valence-electron chi connectivity index (χ4n) is 5.85. The van der Waals surface area contributed by atoms with Gasteiger partial charge in [-0.2, -0.15) is 0 Å². The van der Waals surface area contributed by atoms with E-state index in [9.17, 15) is 9.59 Å². The molecule has 7 heteroatoms. The van der Waals surface area contributed by atoms with Crippen LogP contribution in [0.3, 0.4) is 0 Å². The third-order valence-corrected chi connectivity index (χ3v) is 7.97. The van der Waals surface area contributed by atoms with E-state index in [2.05, 4.69) is 26.9 Å². The third kappa shape index (κ3) is 5.02. The van der Waals surface area contributed by atoms with E-state index < -0.39 is 5.54 Å². The minimum absolute atomic E-state index is 0.0255. The molecule has 1 atom stereocenters. The standard InChI is InChI=1S/C28H38N4O3/c1-28(27(34)29-23-11-6-3-7-12-23)21-31-24(22-9-4-2-5-10-22)13-14-25(31)26(33)32(28)16-8-15-30-17-19-35-20-18-30/h2,4-5,9-10,13-14,23H,3,6-8,11-12,15-21H2,1H3,(H,29,34)/t28-/m1/s1. The first-order valence-electron chi connectivity index (χ1n) is 13.2. The summed E-state index contributed by atoms with van der Waals surface area (Å²) in [5.74, 6) is -0.0795. The van der Waals surface area contributed by atoms with Gasteiger partial charge in [0.15, 0.2) is 0 Å². The average Bonchev–Trinajstić information content (AvgIpc) is 3.31. The molecule has 2 fully saturated rings. The Morgan fingerprint density at radius 2 is 1.71 bits per heavy atom. The van der Waals surface area contributed by atoms with Crippen molar-refractivity contribution in [2.45, 2.75) is 63.6 Å². The van der Waals surface area contributed by atoms with Crippen LogP contribution in [-0.4, -0.2) is 77.2 Å². The molecule has 0 unspecified atom stereocenters. The molecule has 35 heavy (non-hydrogen) atoms. The summed E-state index contributed by atoms with van der Waals surface area (Å²) in [7, 11) is 0. The van der Waals surface area contributed by atoms with Crippen LogP contribution in [0.1, 0.15) is 55.9 Å². The number of hydrogen-bond acceptors (Lipinski definition) is 4. The second-order valence-electron chi connectivity index (χ2n) is 10.4. The lowest BCUT2D eigenvalue weighted by molar-refractivity contribution is -0.133. The van der Waals surface area contributed by atoms with Crippen LogP contribution < -0.4 is 5.32 Å². The van der Waals surface area contributed by atoms with Gasteiger partial charge < -0.3 is 19.5 Å². The molecule has 7 nitrogen and oxygen atoms in total. The Balaban J connectivity index is 1.40. The Morgan fingerprint density at radius 1 is 1.00 bits per heavy atom. The Labute approximate surface area is 208 Å². The molecule has 2 aliphatic heterocycles. The van der Waals surface area contributed by atoms with Crippen molar-refractivity contribution < 1.29 is 14.3 Å². The quantitative estimate of drug-likeness (QED) is 0.661. The van der Waals surface area contributed by atoms with Gasteiger partial charge in [0.05, 0.1) is 19.8 Å². The van der Waals surface area contributed by atoms with Gasteiger partial charge in [-0.05, 0) is 43.9 Å². The van der Waals surface area contributed by atoms with Gasteiger partial charge in [0.1, 0.15) is 11.2 Å². The molecule has 1 N–H and O–H groups in total. The largest absolute Gasteiger partial charge is 0.379 e. The second-order valence-corrected chi connectivity index (χ2v) is 10.4. The first-order valence-corrected chi connectivity index (χ1v) is 13.2. The van der Waals surface area contributed by atoms with Crippen LogP contribution in [-0.2, 0) is 16.1 Å². The fourth-order valence-corrected chi connectivity index (χ4v) is 5.85. The molecular weight excluding hydrogens is 440 g/mol. The van der Waals surface area contributed by atoms with Crippen LogP contribution in [0.5, 0.6) is 0 Å². The topological polar surface area (TPSA) is 66.8 Å². The SMILES string of the molecule is C[C@]1(C(=O)NC2CCCCC2)Cn2c(ccc2-c2ccccc2)C(=O)N1CCCN1CCOCC1. The fraction of sp³-hybridized carbons (Fsp3) is 0.571. The highest BCUT2D eigenvalue weighted by Gasteiger charge is 2.48. The van der Waals surface area contributed by atoms with Gasteiger partial charge in [-0.1, -0.05) is 49.6 Å². The van der Waals surface area contributed by atoms with Crippen LogP contribution in [0.2, 0.25) is 0 Å². The molecule has 0 radical (unpaired) electrons. The van der Waals surface area contributed by atoms with Gasteiger partial charge in [0, 0.05) is 37.9 Å². The minimum Gasteiger partial charge on any atom is -0.379 e. The van der Waals surface area contributed by atoms with E-state index in [1.165, 1.54) is 6.42 Å². The zero-order chi connectivity index (χ0) is 24.3. The Bertz CT molecular complexity index is 1020. The van der Waals surface area contributed by atoms with Crippen LogP contribution in [0.15, 0.2) is 42.5 Å². The zero-order valence-corrected chi connectivity index (χ0v) is 20.9. The maximum atomic E-state index is 13.8. The molecule has 1 aliphatic carbocycles. The maximum Gasteiger partial charge on any atom is 0.271 e. The van der Waals surface area contributed by atoms with E-state index in [0.29, 0.717) is 18.8 Å². The molecule has 1 saturated heterocycles. The summed E-state index contributed by atoms with van der Waals surface area (Å²) in [4.78, 5) is 31.9. The number of aromatic nitrogens is 1. The smallest absolute Gasteiger partial charge is 0.271 e. The van der Waals surface area contributed by atoms with Crippen molar-refractivity contribution in [1.29, 1.82) is 0 Å². The highest BCUT2D eigenvalue weighted by atomic mass is 16.5. The first kappa shape index (κ1) is 24.1. The molecule has 3 aliphatic rings. The Kier molecular flexibility index (Phi) is 7.25. The number of nitrogens with zero attached hydrogens (tertiary/aromatic N) is 3. The monoisotopic (exact) mass is 478 g/mol. The molecule has 1 saturated carbocycles. The average molecular weight is 479 g/mol. The van der Waals surface area contributed by atoms with Crippen molar-refractivity contribution >= 4 is 11.8 Å². The highest BCUT2D eigenvalue weighted by Crippen LogP contribution is 2.33. The number of fused-ring (bicyclic) bond motifs is 1. The van der Waals surface area contributed by atoms with E-state index in [0.717, 1.165) is 76.2 Å². The van der Waals surface area contributed by atoms with Gasteiger partial charge in [0.25, 0.3) is 5.91 Å². The van der Waals surface area contributed by atoms with Crippen molar-refractivity contribution in [3.05, 3.63) is 48.2 Å². The lowest BCUT2D eigenvalue weighted by Gasteiger charge is -2.45. The summed E-state index contributed by atoms with van der Waals surface area (Å²) in [6.45, 7) is 7.27. The van der Waals surface area contributed by atoms with Crippen molar-refractivity contribution in [3.63, 3.8) is 0 Å². The second kappa shape index (κ2) is 10.5. The first-order chi connectivity index (χ1) is 17.1. The summed E-state index contributed by atoms with van der Waals surface area (Å²) in [5, 5.41) is 3.33. The third-order valence-electron chi connectivity index (χ3n) is 7.97. The normalized spacial score (nSPS) is 23.8. The van der Waals surface area contributed by atoms with Crippen LogP contribution >= 0.6 is 0 Å². The predicted octanol–water partition coefficient (Wildman–Crippen LogP) is 3.54. The summed E-state index contributed by atoms with van der Waals surface area (Å²) >= 11 is 0. The Morgan fingerprint density at radius 3 is 2.46 bits per heavy atom. The molecule has 0 bridgehead atoms. The van der Waals surface area contributed by atoms with Gasteiger partial charge in [-0.3, -0.25) is 14.5 Å². The van der Waals surface area contributed by atoms with E-state index >= 15 is 0 Å². The molecule has 1 aromatic heterocycles. The minimum atomic E-state index is -0.935. The summed E-state index contributed by atoms with van der Waals surface area (Å²) < 4.78 is 7.52. The highest BCUT2D eigenvalue weighted by molar-refractivity contribution is 6.00. The molecule has 3 heterocycles. The molecule has 2 aromatic rings. The maximum absolute atomic E-state index is 13.8. The van der Waals surface area contributed by atoms with Crippen molar-refractivity contribution in [3.8, 4) is 11.3 Å². The van der Waals surface area contributed by atoms with Gasteiger partial charge in [-0.25, -0.2) is 0 Å². The van der Waals surface area contributed by atoms with Crippen molar-refractivity contribution in [2.75, 3.05) is 39.4 Å². The van der Waals surface area contributed by atoms with Crippen molar-refractivity contribution in [1.82, 2.24) is 19.7 Å². The number of morpholine rings is 1. The number of ether oxygens (including phenoxy) is 1. The summed E-state index contributed by atoms with van der Waals surface area (Å²) in [6.07, 6.45) is 6.44. The van der Waals surface area contributed by atoms with Crippen molar-refractivity contribution in [2.24, 2.45) is 0 Å². The number of carbonyl (C=O) groups is 2. The van der Waals surface area contributed by atoms with Gasteiger partial charge >= 0.3 is 0 Å². The Hall–Kier alpha value is -2.64. The lowest BCUT2D eigenvalue weighted by atomic mass is 9.91. The molecule has 0 spiro atoms. The van der Waals surface area contributed by atoms with Crippen LogP contribution in [0.25, 0.3) is 11.3 Å².